The van der Waals surface area contributed by atoms with E-state index in [2.05, 4.69) is 15.2 Å². The molecule has 0 atom stereocenters. The minimum absolute atomic E-state index is 0.0266. The van der Waals surface area contributed by atoms with Gasteiger partial charge >= 0.3 is 0 Å². The van der Waals surface area contributed by atoms with E-state index in [4.69, 9.17) is 4.74 Å². The molecule has 42 heavy (non-hydrogen) atoms. The molecule has 3 aromatic rings. The predicted molar refractivity (Wildman–Crippen MR) is 152 cm³/mol. The van der Waals surface area contributed by atoms with Gasteiger partial charge in [0.2, 0.25) is 0 Å². The van der Waals surface area contributed by atoms with E-state index in [0.717, 1.165) is 6.07 Å². The average molecular weight is 577 g/mol. The molecule has 0 spiro atoms. The predicted octanol–water partition coefficient (Wildman–Crippen LogP) is 4.50. The maximum Gasteiger partial charge on any atom is 0.272 e. The van der Waals surface area contributed by atoms with Crippen LogP contribution in [0.25, 0.3) is 0 Å². The molecule has 2 fully saturated rings. The molecule has 0 aliphatic carbocycles. The quantitative estimate of drug-likeness (QED) is 0.397. The third-order valence-corrected chi connectivity index (χ3v) is 8.02. The fourth-order valence-corrected chi connectivity index (χ4v) is 5.62. The smallest absolute Gasteiger partial charge is 0.272 e. The van der Waals surface area contributed by atoms with Crippen molar-refractivity contribution >= 4 is 17.6 Å². The third-order valence-electron chi connectivity index (χ3n) is 8.02. The number of hydrogen-bond acceptors (Lipinski definition) is 6. The molecule has 3 heterocycles. The van der Waals surface area contributed by atoms with Gasteiger partial charge in [0.1, 0.15) is 23.1 Å². The summed E-state index contributed by atoms with van der Waals surface area (Å²) in [7, 11) is 1.58. The molecule has 0 saturated carbocycles. The van der Waals surface area contributed by atoms with Gasteiger partial charge in [-0.3, -0.25) is 24.3 Å². The van der Waals surface area contributed by atoms with Gasteiger partial charge in [-0.1, -0.05) is 0 Å². The van der Waals surface area contributed by atoms with Crippen LogP contribution < -0.4 is 10.1 Å². The van der Waals surface area contributed by atoms with Crippen LogP contribution in [0.15, 0.2) is 60.8 Å². The maximum atomic E-state index is 13.5. The Kier molecular flexibility index (Phi) is 9.22. The number of hydrogen-bond donors (Lipinski definition) is 1. The lowest BCUT2D eigenvalue weighted by molar-refractivity contribution is 0.0645. The Bertz CT molecular complexity index is 1400. The monoisotopic (exact) mass is 576 g/mol. The van der Waals surface area contributed by atoms with Gasteiger partial charge in [-0.05, 0) is 79.8 Å². The molecule has 2 aliphatic heterocycles. The van der Waals surface area contributed by atoms with Gasteiger partial charge < -0.3 is 15.0 Å². The minimum Gasteiger partial charge on any atom is -0.497 e. The summed E-state index contributed by atoms with van der Waals surface area (Å²) in [6.07, 6.45) is 4.00. The fraction of sp³-hybridized carbons (Fsp3) is 0.375. The Morgan fingerprint density at radius 2 is 1.52 bits per heavy atom. The number of pyridine rings is 1. The highest BCUT2D eigenvalue weighted by Crippen LogP contribution is 2.24. The summed E-state index contributed by atoms with van der Waals surface area (Å²) >= 11 is 0. The van der Waals surface area contributed by atoms with E-state index >= 15 is 0 Å². The normalized spacial score (nSPS) is 16.7. The molecule has 1 N–H and O–H groups in total. The van der Waals surface area contributed by atoms with Crippen LogP contribution in [-0.2, 0) is 6.54 Å². The van der Waals surface area contributed by atoms with Gasteiger partial charge in [-0.2, -0.15) is 0 Å². The number of halogens is 2. The first-order valence-corrected chi connectivity index (χ1v) is 14.2. The number of methoxy groups -OCH3 is 1. The van der Waals surface area contributed by atoms with Crippen molar-refractivity contribution in [1.29, 1.82) is 0 Å². The summed E-state index contributed by atoms with van der Waals surface area (Å²) in [6, 6.07) is 13.7. The number of nitrogens with zero attached hydrogens (tertiary/aromatic N) is 3. The molecule has 0 unspecified atom stereocenters. The number of carbonyl (C=O) groups excluding carboxylic acids is 3. The molecular weight excluding hydrogens is 542 g/mol. The molecule has 2 aliphatic rings. The van der Waals surface area contributed by atoms with Crippen molar-refractivity contribution in [3.63, 3.8) is 0 Å². The first kappa shape index (κ1) is 29.3. The summed E-state index contributed by atoms with van der Waals surface area (Å²) in [5.41, 5.74) is 1.85. The number of ketones is 1. The molecule has 0 bridgehead atoms. The molecule has 2 aromatic carbocycles. The van der Waals surface area contributed by atoms with Gasteiger partial charge in [0.15, 0.2) is 5.78 Å². The zero-order valence-electron chi connectivity index (χ0n) is 23.5. The van der Waals surface area contributed by atoms with Gasteiger partial charge in [-0.25, -0.2) is 8.78 Å². The van der Waals surface area contributed by atoms with Gasteiger partial charge in [-0.15, -0.1) is 0 Å². The first-order chi connectivity index (χ1) is 20.3. The molecular formula is C32H34F2N4O4. The van der Waals surface area contributed by atoms with Crippen molar-refractivity contribution in [2.24, 2.45) is 5.92 Å². The van der Waals surface area contributed by atoms with E-state index in [1.54, 1.807) is 48.4 Å². The van der Waals surface area contributed by atoms with Crippen LogP contribution in [0.3, 0.4) is 0 Å². The number of piperidine rings is 2. The summed E-state index contributed by atoms with van der Waals surface area (Å²) in [5, 5.41) is 3.03. The van der Waals surface area contributed by atoms with Gasteiger partial charge in [0.05, 0.1) is 12.7 Å². The van der Waals surface area contributed by atoms with E-state index in [0.29, 0.717) is 80.8 Å². The second kappa shape index (κ2) is 13.2. The molecule has 1 aromatic heterocycles. The molecule has 8 nitrogen and oxygen atoms in total. The average Bonchev–Trinajstić information content (AvgIpc) is 3.01. The molecule has 5 rings (SSSR count). The number of ether oxygens (including phenoxy) is 1. The van der Waals surface area contributed by atoms with E-state index < -0.39 is 11.6 Å². The van der Waals surface area contributed by atoms with Crippen molar-refractivity contribution in [3.8, 4) is 5.75 Å². The molecule has 0 radical (unpaired) electrons. The van der Waals surface area contributed by atoms with Crippen molar-refractivity contribution in [3.05, 3.63) is 94.8 Å². The lowest BCUT2D eigenvalue weighted by Gasteiger charge is -2.32. The van der Waals surface area contributed by atoms with E-state index in [1.807, 2.05) is 0 Å². The maximum absolute atomic E-state index is 13.5. The second-order valence-electron chi connectivity index (χ2n) is 10.9. The standard InChI is InChI=1S/C32H34F2N4O4/c1-42-28-5-2-22(3-6-28)30(39)23-8-14-38(15-9-23)32(41)29-7-4-24(19-35-29)31(40)36-27-10-12-37(13-11-27)20-21-16-25(33)18-26(34)17-21/h2-7,16-19,23,27H,8-15,20H2,1H3,(H,36,40). The van der Waals surface area contributed by atoms with Crippen molar-refractivity contribution in [2.75, 3.05) is 33.3 Å². The number of amides is 2. The zero-order valence-corrected chi connectivity index (χ0v) is 23.5. The number of benzene rings is 2. The topological polar surface area (TPSA) is 91.8 Å². The number of rotatable bonds is 8. The number of carbonyl (C=O) groups is 3. The van der Waals surface area contributed by atoms with Crippen LogP contribution in [0.1, 0.15) is 62.5 Å². The Hall–Kier alpha value is -4.18. The van der Waals surface area contributed by atoms with E-state index in [1.165, 1.54) is 18.3 Å². The lowest BCUT2D eigenvalue weighted by atomic mass is 9.88. The van der Waals surface area contributed by atoms with Crippen LogP contribution in [0.4, 0.5) is 8.78 Å². The minimum atomic E-state index is -0.588. The summed E-state index contributed by atoms with van der Waals surface area (Å²) in [6.45, 7) is 2.75. The van der Waals surface area contributed by atoms with Crippen LogP contribution in [0.5, 0.6) is 5.75 Å². The Morgan fingerprint density at radius 3 is 2.12 bits per heavy atom. The molecule has 10 heteroatoms. The fourth-order valence-electron chi connectivity index (χ4n) is 5.62. The Morgan fingerprint density at radius 1 is 0.881 bits per heavy atom. The van der Waals surface area contributed by atoms with Gasteiger partial charge in [0, 0.05) is 62.5 Å². The SMILES string of the molecule is COc1ccc(C(=O)C2CCN(C(=O)c3ccc(C(=O)NC4CCN(Cc5cc(F)cc(F)c5)CC4)cn3)CC2)cc1. The molecule has 2 saturated heterocycles. The molecule has 220 valence electrons. The summed E-state index contributed by atoms with van der Waals surface area (Å²) in [5.74, 6) is -1.02. The van der Waals surface area contributed by atoms with E-state index in [9.17, 15) is 23.2 Å². The highest BCUT2D eigenvalue weighted by molar-refractivity contribution is 5.99. The van der Waals surface area contributed by atoms with Crippen LogP contribution in [0, 0.1) is 17.6 Å². The van der Waals surface area contributed by atoms with Gasteiger partial charge in [0.25, 0.3) is 11.8 Å². The highest BCUT2D eigenvalue weighted by atomic mass is 19.1. The van der Waals surface area contributed by atoms with Crippen molar-refractivity contribution in [2.45, 2.75) is 38.3 Å². The number of likely N-dealkylation sites (tertiary alicyclic amines) is 2. The number of Topliss-reactive ketones (excluding diaryl/α,β-unsaturated/α-hetero) is 1. The Labute approximate surface area is 243 Å². The number of nitrogens with one attached hydrogen (secondary N) is 1. The number of aromatic nitrogens is 1. The lowest BCUT2D eigenvalue weighted by Crippen LogP contribution is -2.44. The first-order valence-electron chi connectivity index (χ1n) is 14.2. The molecule has 2 amide bonds. The summed E-state index contributed by atoms with van der Waals surface area (Å²) in [4.78, 5) is 46.8. The largest absolute Gasteiger partial charge is 0.497 e. The van der Waals surface area contributed by atoms with Crippen molar-refractivity contribution < 1.29 is 27.9 Å². The van der Waals surface area contributed by atoms with Crippen LogP contribution >= 0.6 is 0 Å². The van der Waals surface area contributed by atoms with E-state index in [-0.39, 0.29) is 35.3 Å². The second-order valence-corrected chi connectivity index (χ2v) is 10.9. The summed E-state index contributed by atoms with van der Waals surface area (Å²) < 4.78 is 32.1. The van der Waals surface area contributed by atoms with Crippen LogP contribution in [-0.4, -0.2) is 71.7 Å². The van der Waals surface area contributed by atoms with Crippen molar-refractivity contribution in [1.82, 2.24) is 20.1 Å². The Balaban J connectivity index is 1.07. The zero-order chi connectivity index (χ0) is 29.6. The third kappa shape index (κ3) is 7.17. The highest BCUT2D eigenvalue weighted by Gasteiger charge is 2.29. The van der Waals surface area contributed by atoms with Crippen LogP contribution in [0.2, 0.25) is 0 Å².